The van der Waals surface area contributed by atoms with Crippen LogP contribution in [0.15, 0.2) is 41.3 Å². The lowest BCUT2D eigenvalue weighted by Crippen LogP contribution is -1.83. The summed E-state index contributed by atoms with van der Waals surface area (Å²) in [6, 6.07) is 4.54. The standard InChI is InChI=1S/C9H7F3O2S/c1-13-6-3-2-4-7(5-6)15-14-9(12)8(10)11/h2-5H,1H3. The Hall–Kier alpha value is -1.30. The summed E-state index contributed by atoms with van der Waals surface area (Å²) < 4.78 is 44.5. The van der Waals surface area contributed by atoms with Crippen LogP contribution < -0.4 is 4.74 Å². The van der Waals surface area contributed by atoms with Crippen LogP contribution in [-0.4, -0.2) is 7.11 Å². The summed E-state index contributed by atoms with van der Waals surface area (Å²) >= 11 is 0.494. The summed E-state index contributed by atoms with van der Waals surface area (Å²) in [6.45, 7) is 0. The van der Waals surface area contributed by atoms with Crippen molar-refractivity contribution >= 4 is 12.0 Å². The van der Waals surface area contributed by atoms with E-state index in [1.807, 2.05) is 0 Å². The molecule has 1 rings (SSSR count). The Bertz CT molecular complexity index is 364. The molecule has 0 N–H and O–H groups in total. The minimum Gasteiger partial charge on any atom is -0.497 e. The van der Waals surface area contributed by atoms with Gasteiger partial charge in [-0.3, -0.25) is 0 Å². The topological polar surface area (TPSA) is 18.5 Å². The molecule has 0 spiro atoms. The molecule has 0 aliphatic rings. The van der Waals surface area contributed by atoms with Gasteiger partial charge in [-0.15, -0.1) is 0 Å². The van der Waals surface area contributed by atoms with E-state index in [0.717, 1.165) is 0 Å². The van der Waals surface area contributed by atoms with Crippen LogP contribution in [-0.2, 0) is 4.18 Å². The lowest BCUT2D eigenvalue weighted by Gasteiger charge is -2.02. The molecule has 0 aliphatic heterocycles. The zero-order chi connectivity index (χ0) is 11.3. The van der Waals surface area contributed by atoms with Crippen LogP contribution in [0.4, 0.5) is 13.2 Å². The average molecular weight is 236 g/mol. The third-order valence-electron chi connectivity index (χ3n) is 1.40. The molecule has 82 valence electrons. The maximum atomic E-state index is 12.2. The van der Waals surface area contributed by atoms with E-state index in [2.05, 4.69) is 4.18 Å². The molecule has 0 atom stereocenters. The third kappa shape index (κ3) is 3.75. The van der Waals surface area contributed by atoms with Crippen LogP contribution in [0.5, 0.6) is 5.75 Å². The number of hydrogen-bond donors (Lipinski definition) is 0. The minimum absolute atomic E-state index is 0.464. The molecule has 6 heteroatoms. The Labute approximate surface area is 88.9 Å². The highest BCUT2D eigenvalue weighted by Gasteiger charge is 2.07. The number of rotatable bonds is 4. The SMILES string of the molecule is COc1cccc(SOC(F)=C(F)F)c1. The van der Waals surface area contributed by atoms with Crippen LogP contribution in [0, 0.1) is 0 Å². The summed E-state index contributed by atoms with van der Waals surface area (Å²) in [4.78, 5) is 0.464. The van der Waals surface area contributed by atoms with Crippen molar-refractivity contribution in [3.05, 3.63) is 36.4 Å². The van der Waals surface area contributed by atoms with E-state index in [0.29, 0.717) is 22.7 Å². The van der Waals surface area contributed by atoms with Gasteiger partial charge in [0.25, 0.3) is 0 Å². The molecule has 2 nitrogen and oxygen atoms in total. The van der Waals surface area contributed by atoms with E-state index >= 15 is 0 Å². The van der Waals surface area contributed by atoms with E-state index in [4.69, 9.17) is 4.74 Å². The molecule has 0 heterocycles. The number of methoxy groups -OCH3 is 1. The second-order valence-electron chi connectivity index (χ2n) is 2.38. The highest BCUT2D eigenvalue weighted by molar-refractivity contribution is 7.94. The first kappa shape index (κ1) is 11.8. The van der Waals surface area contributed by atoms with Crippen molar-refractivity contribution in [1.29, 1.82) is 0 Å². The summed E-state index contributed by atoms with van der Waals surface area (Å²) in [5.74, 6) is 0.536. The summed E-state index contributed by atoms with van der Waals surface area (Å²) in [6.07, 6.45) is -2.48. The largest absolute Gasteiger partial charge is 0.497 e. The molecular formula is C9H7F3O2S. The van der Waals surface area contributed by atoms with Crippen LogP contribution >= 0.6 is 12.0 Å². The molecule has 0 aliphatic carbocycles. The number of hydrogen-bond acceptors (Lipinski definition) is 3. The highest BCUT2D eigenvalue weighted by atomic mass is 32.2. The highest BCUT2D eigenvalue weighted by Crippen LogP contribution is 2.27. The Morgan fingerprint density at radius 2 is 2.00 bits per heavy atom. The predicted octanol–water partition coefficient (Wildman–Crippen LogP) is 3.75. The normalized spacial score (nSPS) is 9.60. The molecule has 0 unspecified atom stereocenters. The Morgan fingerprint density at radius 1 is 1.27 bits per heavy atom. The van der Waals surface area contributed by atoms with Gasteiger partial charge in [0.15, 0.2) is 0 Å². The summed E-state index contributed by atoms with van der Waals surface area (Å²) in [5, 5.41) is 0. The second kappa shape index (κ2) is 5.55. The van der Waals surface area contributed by atoms with E-state index in [-0.39, 0.29) is 0 Å². The van der Waals surface area contributed by atoms with Gasteiger partial charge in [-0.2, -0.15) is 13.2 Å². The first-order valence-corrected chi connectivity index (χ1v) is 4.57. The molecule has 0 amide bonds. The molecule has 0 saturated carbocycles. The smallest absolute Gasteiger partial charge is 0.351 e. The molecule has 1 aromatic rings. The van der Waals surface area contributed by atoms with E-state index < -0.39 is 12.1 Å². The fraction of sp³-hybridized carbons (Fsp3) is 0.111. The van der Waals surface area contributed by atoms with Gasteiger partial charge in [-0.1, -0.05) is 6.07 Å². The first-order chi connectivity index (χ1) is 7.13. The summed E-state index contributed by atoms with van der Waals surface area (Å²) in [5.41, 5.74) is 0. The van der Waals surface area contributed by atoms with Gasteiger partial charge >= 0.3 is 12.1 Å². The van der Waals surface area contributed by atoms with Crippen molar-refractivity contribution in [3.8, 4) is 5.75 Å². The van der Waals surface area contributed by atoms with Gasteiger partial charge < -0.3 is 8.92 Å². The van der Waals surface area contributed by atoms with Crippen molar-refractivity contribution < 1.29 is 22.1 Å². The van der Waals surface area contributed by atoms with Crippen molar-refractivity contribution in [2.24, 2.45) is 0 Å². The average Bonchev–Trinajstić information content (AvgIpc) is 2.26. The van der Waals surface area contributed by atoms with E-state index in [1.54, 1.807) is 18.2 Å². The Kier molecular flexibility index (Phi) is 4.36. The van der Waals surface area contributed by atoms with Crippen molar-refractivity contribution in [1.82, 2.24) is 0 Å². The van der Waals surface area contributed by atoms with E-state index in [1.165, 1.54) is 13.2 Å². The quantitative estimate of drug-likeness (QED) is 0.586. The summed E-state index contributed by atoms with van der Waals surface area (Å²) in [7, 11) is 1.46. The third-order valence-corrected chi connectivity index (χ3v) is 2.08. The zero-order valence-corrected chi connectivity index (χ0v) is 8.48. The van der Waals surface area contributed by atoms with Crippen LogP contribution in [0.1, 0.15) is 0 Å². The molecule has 1 aromatic carbocycles. The molecular weight excluding hydrogens is 229 g/mol. The van der Waals surface area contributed by atoms with Gasteiger partial charge in [-0.25, -0.2) is 0 Å². The lowest BCUT2D eigenvalue weighted by atomic mass is 10.3. The first-order valence-electron chi connectivity index (χ1n) is 3.83. The van der Waals surface area contributed by atoms with Gasteiger partial charge in [0.2, 0.25) is 0 Å². The second-order valence-corrected chi connectivity index (χ2v) is 3.18. The van der Waals surface area contributed by atoms with Gasteiger partial charge in [0.1, 0.15) is 5.75 Å². The van der Waals surface area contributed by atoms with Crippen LogP contribution in [0.25, 0.3) is 0 Å². The number of halogens is 3. The van der Waals surface area contributed by atoms with E-state index in [9.17, 15) is 13.2 Å². The van der Waals surface area contributed by atoms with Gasteiger partial charge in [-0.05, 0) is 18.2 Å². The maximum Gasteiger partial charge on any atom is 0.351 e. The number of benzene rings is 1. The van der Waals surface area contributed by atoms with Crippen molar-refractivity contribution in [2.75, 3.05) is 7.11 Å². The molecule has 15 heavy (non-hydrogen) atoms. The number of ether oxygens (including phenoxy) is 1. The fourth-order valence-electron chi connectivity index (χ4n) is 0.769. The monoisotopic (exact) mass is 236 g/mol. The van der Waals surface area contributed by atoms with Gasteiger partial charge in [0.05, 0.1) is 24.0 Å². The molecule has 0 aromatic heterocycles. The van der Waals surface area contributed by atoms with Crippen LogP contribution in [0.2, 0.25) is 0 Å². The Balaban J connectivity index is 2.62. The van der Waals surface area contributed by atoms with Crippen molar-refractivity contribution in [2.45, 2.75) is 4.90 Å². The maximum absolute atomic E-state index is 12.2. The predicted molar refractivity (Wildman–Crippen MR) is 50.3 cm³/mol. The molecule has 0 saturated heterocycles. The molecule has 0 fully saturated rings. The fourth-order valence-corrected chi connectivity index (χ4v) is 1.30. The Morgan fingerprint density at radius 3 is 2.60 bits per heavy atom. The molecule has 0 bridgehead atoms. The zero-order valence-electron chi connectivity index (χ0n) is 7.67. The van der Waals surface area contributed by atoms with Crippen molar-refractivity contribution in [3.63, 3.8) is 0 Å². The lowest BCUT2D eigenvalue weighted by molar-refractivity contribution is 0.266. The van der Waals surface area contributed by atoms with Crippen LogP contribution in [0.3, 0.4) is 0 Å². The van der Waals surface area contributed by atoms with Gasteiger partial charge in [0, 0.05) is 0 Å². The minimum atomic E-state index is -2.48. The molecule has 0 radical (unpaired) electrons.